The van der Waals surface area contributed by atoms with E-state index in [0.717, 1.165) is 86.6 Å². The fourth-order valence-electron chi connectivity index (χ4n) is 8.01. The van der Waals surface area contributed by atoms with E-state index < -0.39 is 0 Å². The highest BCUT2D eigenvalue weighted by Gasteiger charge is 2.18. The molecular weight excluding hydrogens is 909 g/mol. The zero-order valence-corrected chi connectivity index (χ0v) is 40.1. The zero-order valence-electron chi connectivity index (χ0n) is 40.1. The molecule has 0 radical (unpaired) electrons. The van der Waals surface area contributed by atoms with E-state index in [1.54, 1.807) is 46.4 Å². The first-order valence-electron chi connectivity index (χ1n) is 23.2. The lowest BCUT2D eigenvalue weighted by Crippen LogP contribution is -2.29. The van der Waals surface area contributed by atoms with Crippen molar-refractivity contribution in [3.63, 3.8) is 0 Å². The number of rotatable bonds is 16. The van der Waals surface area contributed by atoms with Crippen LogP contribution in [-0.2, 0) is 38.3 Å². The highest BCUT2D eigenvalue weighted by atomic mass is 16.6. The van der Waals surface area contributed by atoms with E-state index in [-0.39, 0.29) is 12.7 Å². The van der Waals surface area contributed by atoms with Crippen LogP contribution in [0, 0.1) is 0 Å². The van der Waals surface area contributed by atoms with E-state index in [4.69, 9.17) is 14.7 Å². The second-order valence-corrected chi connectivity index (χ2v) is 17.0. The van der Waals surface area contributed by atoms with Gasteiger partial charge in [0.05, 0.1) is 60.2 Å². The van der Waals surface area contributed by atoms with Crippen molar-refractivity contribution in [1.82, 2.24) is 77.6 Å². The maximum Gasteiger partial charge on any atom is 0.409 e. The van der Waals surface area contributed by atoms with Crippen LogP contribution in [0.25, 0.3) is 45.2 Å². The van der Waals surface area contributed by atoms with E-state index in [2.05, 4.69) is 56.7 Å². The minimum Gasteiger partial charge on any atom is -0.445 e. The molecule has 0 bridgehead atoms. The van der Waals surface area contributed by atoms with E-state index in [1.807, 2.05) is 169 Å². The number of ether oxygens (including phenoxy) is 1. The lowest BCUT2D eigenvalue weighted by atomic mass is 10.2. The molecule has 8 aromatic heterocycles. The number of nitrogens with one attached hydrogen (secondary N) is 3. The number of nitrogens with zero attached hydrogens (tertiary/aromatic N) is 15. The standard InChI is InChI=1S/C30H29N9O2.C22H23N9/c1-36(30(40)41-20-22-6-4-3-5-7-22)14-12-25-19-39-27(23-16-33-37(2)18-23)17-32-29(39)28(35-25)34-24-8-10-26(11-9-24)38-15-13-31-21-38;1-23-8-7-18-14-31-20(16-11-26-29(2)13-16)12-25-22(31)21(28-18)27-17-3-5-19(6-4-17)30-10-9-24-15-30/h3-11,13,15-19,21H,12,14,20H2,1-2H3,(H,34,35);3-6,9-15,23H,7-8H2,1-2H3,(H,27,28). The number of anilines is 4. The summed E-state index contributed by atoms with van der Waals surface area (Å²) in [6.07, 6.45) is 27.1. The largest absolute Gasteiger partial charge is 0.445 e. The summed E-state index contributed by atoms with van der Waals surface area (Å²) in [5.41, 5.74) is 11.8. The Balaban J connectivity index is 0.000000172. The van der Waals surface area contributed by atoms with Crippen molar-refractivity contribution in [2.24, 2.45) is 14.1 Å². The average molecular weight is 961 g/mol. The molecule has 3 aromatic carbocycles. The SMILES string of the molecule is CN(CCc1cn2c(-c3cnn(C)c3)cnc2c(Nc2ccc(-n3ccnc3)cc2)n1)C(=O)OCc1ccccc1.CNCCc1cn2c(-c3cnn(C)c3)cnc2c(Nc2ccc(-n3ccnc3)cc2)n1. The highest BCUT2D eigenvalue weighted by molar-refractivity contribution is 5.76. The number of aryl methyl sites for hydroxylation is 2. The van der Waals surface area contributed by atoms with E-state index in [0.29, 0.717) is 24.4 Å². The number of amides is 1. The number of fused-ring (bicyclic) bond motifs is 2. The third-order valence-corrected chi connectivity index (χ3v) is 11.8. The number of hydrogen-bond acceptors (Lipinski definition) is 13. The zero-order chi connectivity index (χ0) is 49.4. The summed E-state index contributed by atoms with van der Waals surface area (Å²) < 4.78 is 17.0. The molecule has 0 unspecified atom stereocenters. The van der Waals surface area contributed by atoms with Crippen LogP contribution in [-0.4, -0.2) is 106 Å². The molecule has 72 heavy (non-hydrogen) atoms. The molecule has 0 saturated carbocycles. The molecule has 0 aliphatic rings. The summed E-state index contributed by atoms with van der Waals surface area (Å²) in [7, 11) is 7.46. The molecule has 0 aliphatic carbocycles. The van der Waals surface area contributed by atoms with Gasteiger partial charge in [-0.2, -0.15) is 10.2 Å². The summed E-state index contributed by atoms with van der Waals surface area (Å²) in [4.78, 5) is 41.5. The minimum atomic E-state index is -0.384. The maximum atomic E-state index is 12.6. The number of carbonyl (C=O) groups is 1. The molecule has 3 N–H and O–H groups in total. The summed E-state index contributed by atoms with van der Waals surface area (Å²) in [5, 5.41) is 18.7. The lowest BCUT2D eigenvalue weighted by Gasteiger charge is -2.17. The van der Waals surface area contributed by atoms with Crippen LogP contribution in [0.4, 0.5) is 27.8 Å². The van der Waals surface area contributed by atoms with Crippen LogP contribution < -0.4 is 16.0 Å². The van der Waals surface area contributed by atoms with Crippen molar-refractivity contribution < 1.29 is 9.53 Å². The molecule has 0 atom stereocenters. The van der Waals surface area contributed by atoms with Crippen molar-refractivity contribution in [3.05, 3.63) is 183 Å². The van der Waals surface area contributed by atoms with Crippen molar-refractivity contribution in [3.8, 4) is 33.9 Å². The molecule has 8 heterocycles. The summed E-state index contributed by atoms with van der Waals surface area (Å²) in [6.45, 7) is 1.50. The normalized spacial score (nSPS) is 11.2. The van der Waals surface area contributed by atoms with Gasteiger partial charge in [0, 0.05) is 131 Å². The minimum absolute atomic E-state index is 0.228. The van der Waals surface area contributed by atoms with Gasteiger partial charge in [0.15, 0.2) is 22.9 Å². The number of likely N-dealkylation sites (N-methyl/N-ethyl adjacent to an activating group) is 2. The van der Waals surface area contributed by atoms with Gasteiger partial charge in [-0.05, 0) is 61.1 Å². The number of carbonyl (C=O) groups excluding carboxylic acids is 1. The Kier molecular flexibility index (Phi) is 13.5. The number of benzene rings is 3. The van der Waals surface area contributed by atoms with Crippen LogP contribution >= 0.6 is 0 Å². The molecule has 11 aromatic rings. The Morgan fingerprint density at radius 3 is 1.61 bits per heavy atom. The Morgan fingerprint density at radius 2 is 1.15 bits per heavy atom. The van der Waals surface area contributed by atoms with Gasteiger partial charge in [-0.3, -0.25) is 18.2 Å². The predicted molar refractivity (Wildman–Crippen MR) is 275 cm³/mol. The van der Waals surface area contributed by atoms with Crippen molar-refractivity contribution in [2.45, 2.75) is 19.4 Å². The third kappa shape index (κ3) is 10.6. The molecule has 0 aliphatic heterocycles. The van der Waals surface area contributed by atoms with Crippen LogP contribution in [0.1, 0.15) is 17.0 Å². The third-order valence-electron chi connectivity index (χ3n) is 11.8. The molecule has 0 saturated heterocycles. The molecule has 20 heteroatoms. The summed E-state index contributed by atoms with van der Waals surface area (Å²) in [5.74, 6) is 1.33. The Hall–Kier alpha value is -9.43. The van der Waals surface area contributed by atoms with Gasteiger partial charge in [0.2, 0.25) is 0 Å². The van der Waals surface area contributed by atoms with E-state index in [9.17, 15) is 4.79 Å². The molecule has 0 fully saturated rings. The maximum absolute atomic E-state index is 12.6. The summed E-state index contributed by atoms with van der Waals surface area (Å²) >= 11 is 0. The predicted octanol–water partition coefficient (Wildman–Crippen LogP) is 7.69. The number of hydrogen-bond donors (Lipinski definition) is 3. The van der Waals surface area contributed by atoms with Gasteiger partial charge < -0.3 is 34.7 Å². The number of aromatic nitrogens is 14. The number of imidazole rings is 4. The molecule has 1 amide bonds. The summed E-state index contributed by atoms with van der Waals surface area (Å²) in [6, 6.07) is 25.8. The van der Waals surface area contributed by atoms with Gasteiger partial charge in [-0.1, -0.05) is 30.3 Å². The topological polar surface area (TPSA) is 197 Å². The van der Waals surface area contributed by atoms with Crippen LogP contribution in [0.15, 0.2) is 166 Å². The Labute approximate surface area is 414 Å². The van der Waals surface area contributed by atoms with Gasteiger partial charge in [0.25, 0.3) is 0 Å². The Morgan fingerprint density at radius 1 is 0.639 bits per heavy atom. The van der Waals surface area contributed by atoms with Crippen molar-refractivity contribution in [2.75, 3.05) is 37.8 Å². The van der Waals surface area contributed by atoms with Crippen LogP contribution in [0.2, 0.25) is 0 Å². The Bertz CT molecular complexity index is 3520. The molecule has 20 nitrogen and oxygen atoms in total. The van der Waals surface area contributed by atoms with E-state index >= 15 is 0 Å². The van der Waals surface area contributed by atoms with Crippen LogP contribution in [0.5, 0.6) is 0 Å². The van der Waals surface area contributed by atoms with Gasteiger partial charge >= 0.3 is 6.09 Å². The van der Waals surface area contributed by atoms with Gasteiger partial charge in [-0.25, -0.2) is 34.7 Å². The second-order valence-electron chi connectivity index (χ2n) is 17.0. The average Bonchev–Trinajstić information content (AvgIpc) is 4.28. The smallest absolute Gasteiger partial charge is 0.409 e. The molecule has 11 rings (SSSR count). The second kappa shape index (κ2) is 21.1. The fourth-order valence-corrected chi connectivity index (χ4v) is 8.01. The van der Waals surface area contributed by atoms with Crippen LogP contribution in [0.3, 0.4) is 0 Å². The molecule has 0 spiro atoms. The van der Waals surface area contributed by atoms with Gasteiger partial charge in [0.1, 0.15) is 6.61 Å². The first-order chi connectivity index (χ1) is 35.2. The highest BCUT2D eigenvalue weighted by Crippen LogP contribution is 2.29. The van der Waals surface area contributed by atoms with Gasteiger partial charge in [-0.15, -0.1) is 0 Å². The van der Waals surface area contributed by atoms with Crippen molar-refractivity contribution in [1.29, 1.82) is 0 Å². The monoisotopic (exact) mass is 960 g/mol. The lowest BCUT2D eigenvalue weighted by molar-refractivity contribution is 0.105. The molecule has 362 valence electrons. The van der Waals surface area contributed by atoms with E-state index in [1.165, 1.54) is 0 Å². The first-order valence-corrected chi connectivity index (χ1v) is 23.2. The quantitative estimate of drug-likeness (QED) is 0.0853. The van der Waals surface area contributed by atoms with Crippen molar-refractivity contribution >= 4 is 40.4 Å². The fraction of sp³-hybridized carbons (Fsp3) is 0.173. The molecular formula is C52H52N18O2. The first kappa shape index (κ1) is 46.3.